The number of primary amides is 1. The average Bonchev–Trinajstić information content (AvgIpc) is 2.41. The molecule has 0 radical (unpaired) electrons. The molecule has 5 heteroatoms. The van der Waals surface area contributed by atoms with Crippen LogP contribution in [0.2, 0.25) is 0 Å². The molecule has 2 aromatic rings. The van der Waals surface area contributed by atoms with Crippen LogP contribution < -0.4 is 11.1 Å². The fraction of sp³-hybridized carbons (Fsp3) is 0.0714. The Morgan fingerprint density at radius 2 is 2.00 bits per heavy atom. The van der Waals surface area contributed by atoms with Crippen LogP contribution in [0.1, 0.15) is 26.4 Å². The molecule has 5 nitrogen and oxygen atoms in total. The van der Waals surface area contributed by atoms with Gasteiger partial charge in [-0.25, -0.2) is 0 Å². The van der Waals surface area contributed by atoms with Gasteiger partial charge in [-0.3, -0.25) is 14.6 Å². The summed E-state index contributed by atoms with van der Waals surface area (Å²) in [5, 5.41) is 2.63. The predicted molar refractivity (Wildman–Crippen MR) is 71.9 cm³/mol. The molecule has 0 atom stereocenters. The van der Waals surface area contributed by atoms with Crippen molar-refractivity contribution < 1.29 is 9.59 Å². The Balaban J connectivity index is 2.29. The number of anilines is 1. The third-order valence-electron chi connectivity index (χ3n) is 2.59. The number of nitrogens with two attached hydrogens (primary N) is 1. The molecule has 0 saturated carbocycles. The first kappa shape index (κ1) is 12.8. The second-order valence-corrected chi connectivity index (χ2v) is 4.08. The fourth-order valence-corrected chi connectivity index (χ4v) is 1.65. The molecule has 0 aliphatic heterocycles. The van der Waals surface area contributed by atoms with Gasteiger partial charge in [0.1, 0.15) is 5.69 Å². The van der Waals surface area contributed by atoms with Gasteiger partial charge >= 0.3 is 0 Å². The maximum atomic E-state index is 11.9. The number of pyridine rings is 1. The van der Waals surface area contributed by atoms with E-state index in [1.54, 1.807) is 36.4 Å². The van der Waals surface area contributed by atoms with Crippen LogP contribution in [0.3, 0.4) is 0 Å². The van der Waals surface area contributed by atoms with Crippen LogP contribution in [0.15, 0.2) is 42.6 Å². The number of aromatic nitrogens is 1. The molecular formula is C14H13N3O2. The van der Waals surface area contributed by atoms with Crippen molar-refractivity contribution in [3.8, 4) is 0 Å². The molecule has 1 aromatic carbocycles. The van der Waals surface area contributed by atoms with E-state index in [1.807, 2.05) is 6.92 Å². The fourth-order valence-electron chi connectivity index (χ4n) is 1.65. The van der Waals surface area contributed by atoms with Crippen molar-refractivity contribution in [3.05, 3.63) is 59.4 Å². The maximum Gasteiger partial charge on any atom is 0.274 e. The summed E-state index contributed by atoms with van der Waals surface area (Å²) in [7, 11) is 0. The second kappa shape index (κ2) is 5.30. The van der Waals surface area contributed by atoms with E-state index in [4.69, 9.17) is 5.73 Å². The van der Waals surface area contributed by atoms with Crippen molar-refractivity contribution in [2.24, 2.45) is 5.73 Å². The Morgan fingerprint density at radius 1 is 1.21 bits per heavy atom. The van der Waals surface area contributed by atoms with Gasteiger partial charge in [-0.1, -0.05) is 17.7 Å². The molecule has 2 rings (SSSR count). The van der Waals surface area contributed by atoms with E-state index in [-0.39, 0.29) is 17.2 Å². The normalized spacial score (nSPS) is 9.95. The molecule has 3 N–H and O–H groups in total. The lowest BCUT2D eigenvalue weighted by molar-refractivity contribution is 0.100. The molecule has 0 saturated heterocycles. The number of nitrogens with zero attached hydrogens (tertiary/aromatic N) is 1. The van der Waals surface area contributed by atoms with Gasteiger partial charge < -0.3 is 11.1 Å². The SMILES string of the molecule is Cc1ccc(NC(=O)c2ccccn2)c(C(N)=O)c1. The van der Waals surface area contributed by atoms with Gasteiger partial charge in [0.15, 0.2) is 0 Å². The van der Waals surface area contributed by atoms with Crippen molar-refractivity contribution in [1.82, 2.24) is 4.98 Å². The molecule has 1 aromatic heterocycles. The first-order chi connectivity index (χ1) is 9.08. The highest BCUT2D eigenvalue weighted by atomic mass is 16.2. The highest BCUT2D eigenvalue weighted by Gasteiger charge is 2.12. The van der Waals surface area contributed by atoms with Crippen molar-refractivity contribution in [2.45, 2.75) is 6.92 Å². The Hall–Kier alpha value is -2.69. The summed E-state index contributed by atoms with van der Waals surface area (Å²) >= 11 is 0. The lowest BCUT2D eigenvalue weighted by Crippen LogP contribution is -2.19. The van der Waals surface area contributed by atoms with Gasteiger partial charge in [0.05, 0.1) is 11.3 Å². The smallest absolute Gasteiger partial charge is 0.274 e. The predicted octanol–water partition coefficient (Wildman–Crippen LogP) is 1.74. The molecule has 0 aliphatic rings. The monoisotopic (exact) mass is 255 g/mol. The summed E-state index contributed by atoms with van der Waals surface area (Å²) in [4.78, 5) is 27.2. The third-order valence-corrected chi connectivity index (χ3v) is 2.59. The van der Waals surface area contributed by atoms with Crippen LogP contribution in [-0.2, 0) is 0 Å². The van der Waals surface area contributed by atoms with E-state index in [0.717, 1.165) is 5.56 Å². The van der Waals surface area contributed by atoms with Gasteiger partial charge in [0.2, 0.25) is 0 Å². The van der Waals surface area contributed by atoms with Gasteiger partial charge in [-0.2, -0.15) is 0 Å². The molecule has 0 unspecified atom stereocenters. The van der Waals surface area contributed by atoms with Crippen LogP contribution in [0.5, 0.6) is 0 Å². The molecule has 0 spiro atoms. The Morgan fingerprint density at radius 3 is 2.63 bits per heavy atom. The molecule has 2 amide bonds. The first-order valence-electron chi connectivity index (χ1n) is 5.71. The Bertz CT molecular complexity index is 624. The summed E-state index contributed by atoms with van der Waals surface area (Å²) < 4.78 is 0. The van der Waals surface area contributed by atoms with Crippen LogP contribution in [0.25, 0.3) is 0 Å². The number of hydrogen-bond acceptors (Lipinski definition) is 3. The molecule has 0 fully saturated rings. The van der Waals surface area contributed by atoms with Gasteiger partial charge in [0, 0.05) is 6.20 Å². The number of hydrogen-bond donors (Lipinski definition) is 2. The number of amides is 2. The standard InChI is InChI=1S/C14H13N3O2/c1-9-5-6-11(10(8-9)13(15)18)17-14(19)12-4-2-3-7-16-12/h2-8H,1H3,(H2,15,18)(H,17,19). The summed E-state index contributed by atoms with van der Waals surface area (Å²) in [5.41, 5.74) is 7.13. The summed E-state index contributed by atoms with van der Waals surface area (Å²) in [6.07, 6.45) is 1.53. The lowest BCUT2D eigenvalue weighted by Gasteiger charge is -2.09. The largest absolute Gasteiger partial charge is 0.366 e. The topological polar surface area (TPSA) is 85.1 Å². The minimum absolute atomic E-state index is 0.276. The molecule has 19 heavy (non-hydrogen) atoms. The first-order valence-corrected chi connectivity index (χ1v) is 5.71. The van der Waals surface area contributed by atoms with E-state index in [2.05, 4.69) is 10.3 Å². The number of benzene rings is 1. The molecule has 1 heterocycles. The van der Waals surface area contributed by atoms with Crippen LogP contribution in [0.4, 0.5) is 5.69 Å². The van der Waals surface area contributed by atoms with Gasteiger partial charge in [-0.15, -0.1) is 0 Å². The summed E-state index contributed by atoms with van der Waals surface area (Å²) in [5.74, 6) is -0.966. The Kier molecular flexibility index (Phi) is 3.56. The van der Waals surface area contributed by atoms with Crippen molar-refractivity contribution in [1.29, 1.82) is 0 Å². The van der Waals surface area contributed by atoms with Gasteiger partial charge in [0.25, 0.3) is 11.8 Å². The number of aryl methyl sites for hydroxylation is 1. The molecule has 96 valence electrons. The zero-order chi connectivity index (χ0) is 13.8. The maximum absolute atomic E-state index is 11.9. The minimum Gasteiger partial charge on any atom is -0.366 e. The quantitative estimate of drug-likeness (QED) is 0.876. The Labute approximate surface area is 110 Å². The molecular weight excluding hydrogens is 242 g/mol. The second-order valence-electron chi connectivity index (χ2n) is 4.08. The zero-order valence-corrected chi connectivity index (χ0v) is 10.4. The highest BCUT2D eigenvalue weighted by Crippen LogP contribution is 2.17. The number of carbonyl (C=O) groups excluding carboxylic acids is 2. The molecule has 0 aliphatic carbocycles. The van der Waals surface area contributed by atoms with E-state index in [1.165, 1.54) is 6.20 Å². The minimum atomic E-state index is -0.583. The van der Waals surface area contributed by atoms with E-state index in [0.29, 0.717) is 5.69 Å². The summed E-state index contributed by atoms with van der Waals surface area (Å²) in [6.45, 7) is 1.84. The molecule has 0 bridgehead atoms. The van der Waals surface area contributed by atoms with E-state index in [9.17, 15) is 9.59 Å². The highest BCUT2D eigenvalue weighted by molar-refractivity contribution is 6.07. The number of rotatable bonds is 3. The number of carbonyl (C=O) groups is 2. The third kappa shape index (κ3) is 2.95. The van der Waals surface area contributed by atoms with E-state index >= 15 is 0 Å². The van der Waals surface area contributed by atoms with Crippen LogP contribution in [0, 0.1) is 6.92 Å². The van der Waals surface area contributed by atoms with Crippen molar-refractivity contribution in [2.75, 3.05) is 5.32 Å². The van der Waals surface area contributed by atoms with Gasteiger partial charge in [-0.05, 0) is 31.2 Å². The average molecular weight is 255 g/mol. The van der Waals surface area contributed by atoms with Crippen LogP contribution >= 0.6 is 0 Å². The summed E-state index contributed by atoms with van der Waals surface area (Å²) in [6, 6.07) is 10.1. The van der Waals surface area contributed by atoms with E-state index < -0.39 is 5.91 Å². The number of nitrogens with one attached hydrogen (secondary N) is 1. The lowest BCUT2D eigenvalue weighted by atomic mass is 10.1. The van der Waals surface area contributed by atoms with Crippen LogP contribution in [-0.4, -0.2) is 16.8 Å². The van der Waals surface area contributed by atoms with Crippen molar-refractivity contribution >= 4 is 17.5 Å². The van der Waals surface area contributed by atoms with Crippen molar-refractivity contribution in [3.63, 3.8) is 0 Å². The zero-order valence-electron chi connectivity index (χ0n) is 10.4.